The van der Waals surface area contributed by atoms with Gasteiger partial charge in [0.25, 0.3) is 0 Å². The normalized spacial score (nSPS) is 10.4. The van der Waals surface area contributed by atoms with E-state index in [0.29, 0.717) is 0 Å². The van der Waals surface area contributed by atoms with Crippen LogP contribution in [0.4, 0.5) is 5.69 Å². The number of nitrogens with two attached hydrogens (primary N) is 1. The quantitative estimate of drug-likeness (QED) is 0.695. The molecule has 0 fully saturated rings. The number of benzene rings is 1. The summed E-state index contributed by atoms with van der Waals surface area (Å²) in [5, 5.41) is 0. The Morgan fingerprint density at radius 3 is 2.61 bits per heavy atom. The molecule has 0 unspecified atom stereocenters. The van der Waals surface area contributed by atoms with Crippen LogP contribution in [0.5, 0.6) is 0 Å². The Morgan fingerprint density at radius 1 is 1.00 bits per heavy atom. The second-order valence-corrected chi connectivity index (χ2v) is 3.95. The summed E-state index contributed by atoms with van der Waals surface area (Å²) in [7, 11) is 0. The van der Waals surface area contributed by atoms with E-state index in [1.807, 2.05) is 47.2 Å². The smallest absolute Gasteiger partial charge is 0.144 e. The highest BCUT2D eigenvalue weighted by Crippen LogP contribution is 2.22. The molecule has 4 nitrogen and oxygen atoms in total. The van der Waals surface area contributed by atoms with Crippen LogP contribution in [0.2, 0.25) is 0 Å². The molecule has 2 heterocycles. The summed E-state index contributed by atoms with van der Waals surface area (Å²) in [6, 6.07) is 11.6. The van der Waals surface area contributed by atoms with E-state index in [4.69, 9.17) is 5.73 Å². The third-order valence-corrected chi connectivity index (χ3v) is 2.73. The molecule has 2 aromatic heterocycles. The highest BCUT2D eigenvalue weighted by Gasteiger charge is 2.07. The topological polar surface area (TPSA) is 56.7 Å². The Labute approximate surface area is 105 Å². The molecule has 0 saturated carbocycles. The van der Waals surface area contributed by atoms with E-state index in [1.54, 1.807) is 18.6 Å². The van der Waals surface area contributed by atoms with Gasteiger partial charge in [0.2, 0.25) is 0 Å². The van der Waals surface area contributed by atoms with Crippen LogP contribution >= 0.6 is 0 Å². The Balaban J connectivity index is 2.13. The molecule has 0 aliphatic rings. The largest absolute Gasteiger partial charge is 0.399 e. The van der Waals surface area contributed by atoms with E-state index >= 15 is 0 Å². The van der Waals surface area contributed by atoms with E-state index in [0.717, 1.165) is 22.8 Å². The molecule has 0 radical (unpaired) electrons. The Morgan fingerprint density at radius 2 is 1.83 bits per heavy atom. The molecule has 0 aliphatic carbocycles. The van der Waals surface area contributed by atoms with Gasteiger partial charge < -0.3 is 5.73 Å². The monoisotopic (exact) mass is 236 g/mol. The summed E-state index contributed by atoms with van der Waals surface area (Å²) < 4.78 is 2.01. The molecule has 88 valence electrons. The number of rotatable bonds is 2. The Kier molecular flexibility index (Phi) is 2.53. The molecule has 0 atom stereocenters. The van der Waals surface area contributed by atoms with E-state index in [1.165, 1.54) is 0 Å². The minimum atomic E-state index is 0.733. The lowest BCUT2D eigenvalue weighted by atomic mass is 10.2. The molecule has 4 heteroatoms. The van der Waals surface area contributed by atoms with E-state index in [9.17, 15) is 0 Å². The fraction of sp³-hybridized carbons (Fsp3) is 0. The van der Waals surface area contributed by atoms with Crippen molar-refractivity contribution in [2.45, 2.75) is 0 Å². The van der Waals surface area contributed by atoms with Crippen LogP contribution in [0.15, 0.2) is 61.2 Å². The van der Waals surface area contributed by atoms with E-state index < -0.39 is 0 Å². The highest BCUT2D eigenvalue weighted by molar-refractivity contribution is 5.63. The van der Waals surface area contributed by atoms with Gasteiger partial charge in [-0.05, 0) is 24.3 Å². The number of pyridine rings is 1. The van der Waals surface area contributed by atoms with Gasteiger partial charge in [-0.15, -0.1) is 0 Å². The highest BCUT2D eigenvalue weighted by atomic mass is 15.1. The van der Waals surface area contributed by atoms with Gasteiger partial charge in [0.1, 0.15) is 5.82 Å². The van der Waals surface area contributed by atoms with Gasteiger partial charge in [-0.1, -0.05) is 12.1 Å². The maximum absolute atomic E-state index is 5.81. The lowest BCUT2D eigenvalue weighted by Crippen LogP contribution is -1.96. The zero-order chi connectivity index (χ0) is 12.4. The first-order valence-electron chi connectivity index (χ1n) is 5.64. The average Bonchev–Trinajstić information content (AvgIpc) is 2.89. The first-order valence-corrected chi connectivity index (χ1v) is 5.64. The molecule has 0 bridgehead atoms. The van der Waals surface area contributed by atoms with Crippen molar-refractivity contribution in [2.75, 3.05) is 5.73 Å². The van der Waals surface area contributed by atoms with Crippen LogP contribution in [0.3, 0.4) is 0 Å². The average molecular weight is 236 g/mol. The van der Waals surface area contributed by atoms with Crippen molar-refractivity contribution in [3.8, 4) is 17.1 Å². The lowest BCUT2D eigenvalue weighted by Gasteiger charge is -2.07. The van der Waals surface area contributed by atoms with Crippen molar-refractivity contribution in [1.82, 2.24) is 14.5 Å². The van der Waals surface area contributed by atoms with Crippen molar-refractivity contribution in [1.29, 1.82) is 0 Å². The van der Waals surface area contributed by atoms with Gasteiger partial charge >= 0.3 is 0 Å². The maximum atomic E-state index is 5.81. The van der Waals surface area contributed by atoms with Crippen molar-refractivity contribution in [3.63, 3.8) is 0 Å². The van der Waals surface area contributed by atoms with Gasteiger partial charge in [-0.25, -0.2) is 4.98 Å². The third-order valence-electron chi connectivity index (χ3n) is 2.73. The standard InChI is InChI=1S/C14H12N4/c15-12-3-1-2-11(10-12)14-17-8-9-18(14)13-4-6-16-7-5-13/h1-10H,15H2. The summed E-state index contributed by atoms with van der Waals surface area (Å²) in [6.45, 7) is 0. The molecular formula is C14H12N4. The minimum Gasteiger partial charge on any atom is -0.399 e. The van der Waals surface area contributed by atoms with Crippen LogP contribution in [-0.2, 0) is 0 Å². The van der Waals surface area contributed by atoms with Crippen molar-refractivity contribution >= 4 is 5.69 Å². The summed E-state index contributed by atoms with van der Waals surface area (Å²) in [5.41, 5.74) is 8.56. The van der Waals surface area contributed by atoms with E-state index in [-0.39, 0.29) is 0 Å². The zero-order valence-electron chi connectivity index (χ0n) is 9.69. The van der Waals surface area contributed by atoms with Crippen LogP contribution < -0.4 is 5.73 Å². The zero-order valence-corrected chi connectivity index (χ0v) is 9.69. The van der Waals surface area contributed by atoms with Crippen molar-refractivity contribution in [2.24, 2.45) is 0 Å². The summed E-state index contributed by atoms with van der Waals surface area (Å²) in [4.78, 5) is 8.41. The molecular weight excluding hydrogens is 224 g/mol. The van der Waals surface area contributed by atoms with Crippen LogP contribution in [0, 0.1) is 0 Å². The first kappa shape index (κ1) is 10.5. The Hall–Kier alpha value is -2.62. The Bertz CT molecular complexity index is 658. The van der Waals surface area contributed by atoms with Gasteiger partial charge in [0.05, 0.1) is 5.69 Å². The molecule has 0 spiro atoms. The predicted octanol–water partition coefficient (Wildman–Crippen LogP) is 2.52. The molecule has 18 heavy (non-hydrogen) atoms. The molecule has 2 N–H and O–H groups in total. The molecule has 0 amide bonds. The van der Waals surface area contributed by atoms with Crippen molar-refractivity contribution in [3.05, 3.63) is 61.2 Å². The number of hydrogen-bond acceptors (Lipinski definition) is 3. The number of aromatic nitrogens is 3. The van der Waals surface area contributed by atoms with Crippen LogP contribution in [-0.4, -0.2) is 14.5 Å². The van der Waals surface area contributed by atoms with Crippen LogP contribution in [0.1, 0.15) is 0 Å². The fourth-order valence-electron chi connectivity index (χ4n) is 1.91. The molecule has 0 aliphatic heterocycles. The third kappa shape index (κ3) is 1.84. The summed E-state index contributed by atoms with van der Waals surface area (Å²) >= 11 is 0. The molecule has 3 rings (SSSR count). The van der Waals surface area contributed by atoms with Crippen LogP contribution in [0.25, 0.3) is 17.1 Å². The molecule has 1 aromatic carbocycles. The lowest BCUT2D eigenvalue weighted by molar-refractivity contribution is 1.06. The molecule has 3 aromatic rings. The van der Waals surface area contributed by atoms with E-state index in [2.05, 4.69) is 9.97 Å². The fourth-order valence-corrected chi connectivity index (χ4v) is 1.91. The number of nitrogen functional groups attached to an aromatic ring is 1. The van der Waals surface area contributed by atoms with Gasteiger partial charge in [-0.2, -0.15) is 0 Å². The first-order chi connectivity index (χ1) is 8.84. The summed E-state index contributed by atoms with van der Waals surface area (Å²) in [5.74, 6) is 0.869. The second kappa shape index (κ2) is 4.33. The predicted molar refractivity (Wildman–Crippen MR) is 71.2 cm³/mol. The summed E-state index contributed by atoms with van der Waals surface area (Å²) in [6.07, 6.45) is 7.23. The minimum absolute atomic E-state index is 0.733. The SMILES string of the molecule is Nc1cccc(-c2nccn2-c2ccncc2)c1. The van der Waals surface area contributed by atoms with Gasteiger partial charge in [0, 0.05) is 36.0 Å². The van der Waals surface area contributed by atoms with Gasteiger partial charge in [-0.3, -0.25) is 9.55 Å². The number of nitrogens with zero attached hydrogens (tertiary/aromatic N) is 3. The maximum Gasteiger partial charge on any atom is 0.144 e. The number of hydrogen-bond donors (Lipinski definition) is 1. The second-order valence-electron chi connectivity index (χ2n) is 3.95. The van der Waals surface area contributed by atoms with Gasteiger partial charge in [0.15, 0.2) is 0 Å². The molecule has 0 saturated heterocycles. The number of imidazole rings is 1. The van der Waals surface area contributed by atoms with Crippen molar-refractivity contribution < 1.29 is 0 Å². The number of anilines is 1.